The van der Waals surface area contributed by atoms with Crippen LogP contribution in [0.15, 0.2) is 35.4 Å². The molecule has 0 aliphatic rings. The topological polar surface area (TPSA) is 58.0 Å². The quantitative estimate of drug-likeness (QED) is 0.308. The van der Waals surface area contributed by atoms with Gasteiger partial charge in [0.1, 0.15) is 0 Å². The summed E-state index contributed by atoms with van der Waals surface area (Å²) in [5.74, 6) is 1.33. The predicted octanol–water partition coefficient (Wildman–Crippen LogP) is 3.20. The number of nitrogens with zero attached hydrogens (tertiary/aromatic N) is 3. The van der Waals surface area contributed by atoms with E-state index in [0.717, 1.165) is 5.75 Å². The van der Waals surface area contributed by atoms with Crippen LogP contribution in [0.1, 0.15) is 5.56 Å². The fraction of sp³-hybridized carbons (Fsp3) is 0.400. The summed E-state index contributed by atoms with van der Waals surface area (Å²) >= 11 is 1.57. The van der Waals surface area contributed by atoms with Crippen molar-refractivity contribution in [3.8, 4) is 0 Å². The Balaban J connectivity index is 2.00. The van der Waals surface area contributed by atoms with E-state index in [4.69, 9.17) is 10.3 Å². The molecule has 4 nitrogen and oxygen atoms in total. The predicted molar refractivity (Wildman–Crippen MR) is 62.6 cm³/mol. The molecule has 0 aliphatic heterocycles. The summed E-state index contributed by atoms with van der Waals surface area (Å²) in [6, 6.07) is 10.0. The van der Waals surface area contributed by atoms with Gasteiger partial charge in [-0.15, -0.1) is 0 Å². The van der Waals surface area contributed by atoms with Gasteiger partial charge in [0.2, 0.25) is 0 Å². The first-order valence-corrected chi connectivity index (χ1v) is 5.79. The third kappa shape index (κ3) is 6.01. The highest BCUT2D eigenvalue weighted by Gasteiger charge is 1.91. The maximum Gasteiger partial charge on any atom is 0.0722 e. The van der Waals surface area contributed by atoms with Crippen molar-refractivity contribution in [3.05, 3.63) is 46.3 Å². The normalized spacial score (nSPS) is 9.60. The van der Waals surface area contributed by atoms with Crippen LogP contribution in [0.4, 0.5) is 0 Å². The molecule has 0 aromatic heterocycles. The molecule has 0 fully saturated rings. The summed E-state index contributed by atoms with van der Waals surface area (Å²) in [7, 11) is 0. The van der Waals surface area contributed by atoms with E-state index in [1.807, 2.05) is 30.3 Å². The van der Waals surface area contributed by atoms with Crippen LogP contribution in [0.3, 0.4) is 0 Å². The zero-order valence-electron chi connectivity index (χ0n) is 8.37. The molecule has 0 amide bonds. The van der Waals surface area contributed by atoms with Crippen LogP contribution in [0, 0.1) is 0 Å². The molecule has 0 radical (unpaired) electrons. The molecule has 1 aromatic carbocycles. The van der Waals surface area contributed by atoms with Gasteiger partial charge in [-0.3, -0.25) is 0 Å². The number of rotatable bonds is 7. The molecule has 0 saturated carbocycles. The minimum absolute atomic E-state index is 0.477. The Morgan fingerprint density at radius 3 is 2.87 bits per heavy atom. The van der Waals surface area contributed by atoms with Crippen LogP contribution >= 0.6 is 11.8 Å². The van der Waals surface area contributed by atoms with Crippen LogP contribution in [-0.2, 0) is 11.3 Å². The Kier molecular flexibility index (Phi) is 6.49. The van der Waals surface area contributed by atoms with Gasteiger partial charge in [0, 0.05) is 10.7 Å². The largest absolute Gasteiger partial charge is 0.376 e. The molecule has 0 spiro atoms. The van der Waals surface area contributed by atoms with Gasteiger partial charge in [-0.2, -0.15) is 11.8 Å². The van der Waals surface area contributed by atoms with E-state index >= 15 is 0 Å². The second kappa shape index (κ2) is 8.17. The van der Waals surface area contributed by atoms with Crippen molar-refractivity contribution in [2.24, 2.45) is 5.11 Å². The SMILES string of the molecule is [N-]=[N+]=NCSCCOCc1ccccc1. The van der Waals surface area contributed by atoms with E-state index in [9.17, 15) is 0 Å². The Bertz CT molecular complexity index is 312. The molecular formula is C10H13N3OS. The summed E-state index contributed by atoms with van der Waals surface area (Å²) in [6.45, 7) is 1.32. The Hall–Kier alpha value is -1.16. The molecule has 80 valence electrons. The van der Waals surface area contributed by atoms with E-state index in [1.54, 1.807) is 11.8 Å². The van der Waals surface area contributed by atoms with Gasteiger partial charge < -0.3 is 4.74 Å². The first-order valence-electron chi connectivity index (χ1n) is 4.64. The summed E-state index contributed by atoms with van der Waals surface area (Å²) in [6.07, 6.45) is 0. The van der Waals surface area contributed by atoms with E-state index in [2.05, 4.69) is 10.0 Å². The van der Waals surface area contributed by atoms with Crippen LogP contribution in [0.5, 0.6) is 0 Å². The molecular weight excluding hydrogens is 210 g/mol. The maximum absolute atomic E-state index is 8.03. The lowest BCUT2D eigenvalue weighted by Crippen LogP contribution is -1.97. The minimum atomic E-state index is 0.477. The standard InChI is InChI=1S/C10H13N3OS/c11-13-12-9-15-7-6-14-8-10-4-2-1-3-5-10/h1-5H,6-9H2. The van der Waals surface area contributed by atoms with Gasteiger partial charge in [-0.1, -0.05) is 35.4 Å². The molecule has 0 atom stereocenters. The maximum atomic E-state index is 8.03. The summed E-state index contributed by atoms with van der Waals surface area (Å²) < 4.78 is 5.44. The summed E-state index contributed by atoms with van der Waals surface area (Å²) in [5, 5.41) is 3.42. The van der Waals surface area contributed by atoms with E-state index in [-0.39, 0.29) is 0 Å². The first-order chi connectivity index (χ1) is 7.43. The van der Waals surface area contributed by atoms with E-state index in [1.165, 1.54) is 5.56 Å². The number of benzene rings is 1. The van der Waals surface area contributed by atoms with Crippen molar-refractivity contribution < 1.29 is 4.74 Å². The van der Waals surface area contributed by atoms with Gasteiger partial charge in [0.25, 0.3) is 0 Å². The minimum Gasteiger partial charge on any atom is -0.376 e. The van der Waals surface area contributed by atoms with Gasteiger partial charge in [0.15, 0.2) is 0 Å². The zero-order valence-corrected chi connectivity index (χ0v) is 9.19. The van der Waals surface area contributed by atoms with Crippen molar-refractivity contribution in [1.29, 1.82) is 0 Å². The van der Waals surface area contributed by atoms with Crippen LogP contribution in [0.2, 0.25) is 0 Å². The van der Waals surface area contributed by atoms with Crippen molar-refractivity contribution in [1.82, 2.24) is 0 Å². The fourth-order valence-corrected chi connectivity index (χ4v) is 1.51. The van der Waals surface area contributed by atoms with Crippen molar-refractivity contribution >= 4 is 11.8 Å². The Morgan fingerprint density at radius 1 is 1.33 bits per heavy atom. The third-order valence-electron chi connectivity index (χ3n) is 1.70. The molecule has 0 saturated heterocycles. The fourth-order valence-electron chi connectivity index (χ4n) is 1.01. The average molecular weight is 223 g/mol. The molecule has 0 aliphatic carbocycles. The first kappa shape index (κ1) is 11.9. The molecule has 0 N–H and O–H groups in total. The number of hydrogen-bond donors (Lipinski definition) is 0. The van der Waals surface area contributed by atoms with E-state index in [0.29, 0.717) is 19.1 Å². The Morgan fingerprint density at radius 2 is 2.13 bits per heavy atom. The van der Waals surface area contributed by atoms with Crippen molar-refractivity contribution in [3.63, 3.8) is 0 Å². The molecule has 0 unspecified atom stereocenters. The average Bonchev–Trinajstić information content (AvgIpc) is 2.29. The lowest BCUT2D eigenvalue weighted by Gasteiger charge is -2.02. The molecule has 5 heteroatoms. The number of ether oxygens (including phenoxy) is 1. The van der Waals surface area contributed by atoms with Crippen molar-refractivity contribution in [2.75, 3.05) is 18.2 Å². The number of thioether (sulfide) groups is 1. The van der Waals surface area contributed by atoms with Crippen LogP contribution in [-0.4, -0.2) is 18.2 Å². The lowest BCUT2D eigenvalue weighted by atomic mass is 10.2. The molecule has 0 heterocycles. The van der Waals surface area contributed by atoms with Crippen molar-refractivity contribution in [2.45, 2.75) is 6.61 Å². The van der Waals surface area contributed by atoms with Gasteiger partial charge in [-0.25, -0.2) is 0 Å². The summed E-state index contributed by atoms with van der Waals surface area (Å²) in [5.41, 5.74) is 9.21. The molecule has 15 heavy (non-hydrogen) atoms. The van der Waals surface area contributed by atoms with Crippen LogP contribution in [0.25, 0.3) is 10.4 Å². The highest BCUT2D eigenvalue weighted by atomic mass is 32.2. The third-order valence-corrected chi connectivity index (χ3v) is 2.45. The van der Waals surface area contributed by atoms with Gasteiger partial charge in [-0.05, 0) is 11.1 Å². The molecule has 1 rings (SSSR count). The van der Waals surface area contributed by atoms with Crippen LogP contribution < -0.4 is 0 Å². The molecule has 0 bridgehead atoms. The second-order valence-corrected chi connectivity index (χ2v) is 3.88. The zero-order chi connectivity index (χ0) is 10.8. The second-order valence-electron chi connectivity index (χ2n) is 2.81. The summed E-state index contributed by atoms with van der Waals surface area (Å²) in [4.78, 5) is 2.66. The smallest absolute Gasteiger partial charge is 0.0722 e. The monoisotopic (exact) mass is 223 g/mol. The molecule has 1 aromatic rings. The lowest BCUT2D eigenvalue weighted by molar-refractivity contribution is 0.136. The van der Waals surface area contributed by atoms with Gasteiger partial charge in [0.05, 0.1) is 19.1 Å². The number of azide groups is 1. The Labute approximate surface area is 93.3 Å². The van der Waals surface area contributed by atoms with E-state index < -0.39 is 0 Å². The van der Waals surface area contributed by atoms with Gasteiger partial charge >= 0.3 is 0 Å². The number of hydrogen-bond acceptors (Lipinski definition) is 3. The highest BCUT2D eigenvalue weighted by Crippen LogP contribution is 2.03. The highest BCUT2D eigenvalue weighted by molar-refractivity contribution is 7.99.